The summed E-state index contributed by atoms with van der Waals surface area (Å²) < 4.78 is 0.907. The summed E-state index contributed by atoms with van der Waals surface area (Å²) in [6.07, 6.45) is 0. The van der Waals surface area contributed by atoms with Crippen LogP contribution >= 0.6 is 15.9 Å². The molecule has 2 rings (SSSR count). The minimum absolute atomic E-state index is 0.0529. The van der Waals surface area contributed by atoms with Gasteiger partial charge in [0, 0.05) is 10.5 Å². The molecule has 1 N–H and O–H groups in total. The molecule has 0 heterocycles. The van der Waals surface area contributed by atoms with E-state index in [1.807, 2.05) is 0 Å². The number of nitrogens with zero attached hydrogens (tertiary/aromatic N) is 3. The minimum atomic E-state index is -0.673. The number of aromatic hydroxyl groups is 1. The van der Waals surface area contributed by atoms with E-state index in [-0.39, 0.29) is 5.69 Å². The summed E-state index contributed by atoms with van der Waals surface area (Å²) in [6.45, 7) is 0. The van der Waals surface area contributed by atoms with Crippen LogP contribution in [-0.4, -0.2) is 10.0 Å². The lowest BCUT2D eigenvalue weighted by Gasteiger charge is -1.98. The molecule has 0 aromatic heterocycles. The molecular formula is C12H8BrN3O3. The molecule has 0 unspecified atom stereocenters. The Hall–Kier alpha value is -2.28. The fraction of sp³-hybridized carbons (Fsp3) is 0. The van der Waals surface area contributed by atoms with Crippen molar-refractivity contribution < 1.29 is 10.0 Å². The first-order chi connectivity index (χ1) is 9.08. The Morgan fingerprint density at radius 3 is 2.42 bits per heavy atom. The van der Waals surface area contributed by atoms with Gasteiger partial charge in [0.2, 0.25) is 5.75 Å². The SMILES string of the molecule is O=[N+]([O-])c1cccc(N=Nc2ccc(Br)cc2)c1O. The fourth-order valence-electron chi connectivity index (χ4n) is 1.37. The number of nitro groups is 1. The normalized spacial score (nSPS) is 10.8. The molecule has 0 amide bonds. The van der Waals surface area contributed by atoms with E-state index in [2.05, 4.69) is 26.2 Å². The summed E-state index contributed by atoms with van der Waals surface area (Å²) in [7, 11) is 0. The smallest absolute Gasteiger partial charge is 0.313 e. The third-order valence-corrected chi connectivity index (χ3v) is 2.82. The first-order valence-electron chi connectivity index (χ1n) is 5.21. The predicted molar refractivity (Wildman–Crippen MR) is 73.1 cm³/mol. The van der Waals surface area contributed by atoms with Gasteiger partial charge in [0.15, 0.2) is 0 Å². The molecule has 0 aliphatic heterocycles. The van der Waals surface area contributed by atoms with E-state index in [0.717, 1.165) is 4.47 Å². The molecule has 7 heteroatoms. The molecule has 0 saturated heterocycles. The molecule has 6 nitrogen and oxygen atoms in total. The molecule has 0 spiro atoms. The van der Waals surface area contributed by atoms with E-state index in [1.54, 1.807) is 24.3 Å². The first-order valence-corrected chi connectivity index (χ1v) is 6.01. The van der Waals surface area contributed by atoms with Crippen molar-refractivity contribution in [3.63, 3.8) is 0 Å². The highest BCUT2D eigenvalue weighted by molar-refractivity contribution is 9.10. The minimum Gasteiger partial charge on any atom is -0.501 e. The summed E-state index contributed by atoms with van der Waals surface area (Å²) in [4.78, 5) is 9.98. The van der Waals surface area contributed by atoms with Gasteiger partial charge < -0.3 is 5.11 Å². The second-order valence-corrected chi connectivity index (χ2v) is 4.49. The number of phenols is 1. The number of azo groups is 1. The molecule has 0 aliphatic carbocycles. The van der Waals surface area contributed by atoms with Gasteiger partial charge in [-0.3, -0.25) is 10.1 Å². The first kappa shape index (κ1) is 13.2. The second-order valence-electron chi connectivity index (χ2n) is 3.58. The zero-order chi connectivity index (χ0) is 13.8. The number of para-hydroxylation sites is 1. The van der Waals surface area contributed by atoms with Crippen molar-refractivity contribution in [1.82, 2.24) is 0 Å². The number of nitro benzene ring substituents is 1. The molecule has 0 bridgehead atoms. The Balaban J connectivity index is 2.31. The van der Waals surface area contributed by atoms with Gasteiger partial charge in [0.1, 0.15) is 5.69 Å². The van der Waals surface area contributed by atoms with Gasteiger partial charge in [-0.2, -0.15) is 5.11 Å². The van der Waals surface area contributed by atoms with Crippen LogP contribution in [0.3, 0.4) is 0 Å². The number of phenolic OH excluding ortho intramolecular Hbond substituents is 1. The van der Waals surface area contributed by atoms with Crippen LogP contribution in [0.4, 0.5) is 17.1 Å². The molecule has 0 saturated carbocycles. The maximum absolute atomic E-state index is 10.7. The van der Waals surface area contributed by atoms with Crippen molar-refractivity contribution in [2.24, 2.45) is 10.2 Å². The number of hydrogen-bond acceptors (Lipinski definition) is 5. The average molecular weight is 322 g/mol. The van der Waals surface area contributed by atoms with Gasteiger partial charge in [0.05, 0.1) is 10.6 Å². The summed E-state index contributed by atoms with van der Waals surface area (Å²) >= 11 is 3.29. The zero-order valence-corrected chi connectivity index (χ0v) is 11.1. The van der Waals surface area contributed by atoms with Gasteiger partial charge >= 0.3 is 5.69 Å². The summed E-state index contributed by atoms with van der Waals surface area (Å²) in [5.74, 6) is -0.492. The van der Waals surface area contributed by atoms with Gasteiger partial charge in [-0.05, 0) is 30.3 Å². The van der Waals surface area contributed by atoms with Crippen LogP contribution in [0.1, 0.15) is 0 Å². The Labute approximate surface area is 116 Å². The van der Waals surface area contributed by atoms with Crippen LogP contribution in [0, 0.1) is 10.1 Å². The molecule has 2 aromatic carbocycles. The molecule has 0 radical (unpaired) electrons. The lowest BCUT2D eigenvalue weighted by Crippen LogP contribution is -1.87. The number of benzene rings is 2. The van der Waals surface area contributed by atoms with Crippen LogP contribution in [-0.2, 0) is 0 Å². The van der Waals surface area contributed by atoms with Gasteiger partial charge in [-0.25, -0.2) is 0 Å². The average Bonchev–Trinajstić information content (AvgIpc) is 2.39. The van der Waals surface area contributed by atoms with Crippen LogP contribution < -0.4 is 0 Å². The van der Waals surface area contributed by atoms with Crippen molar-refractivity contribution in [2.45, 2.75) is 0 Å². The lowest BCUT2D eigenvalue weighted by molar-refractivity contribution is -0.385. The predicted octanol–water partition coefficient (Wildman–Crippen LogP) is 4.48. The molecule has 19 heavy (non-hydrogen) atoms. The molecule has 2 aromatic rings. The topological polar surface area (TPSA) is 88.1 Å². The highest BCUT2D eigenvalue weighted by Crippen LogP contribution is 2.36. The standard InChI is InChI=1S/C12H8BrN3O3/c13-8-4-6-9(7-5-8)14-15-10-2-1-3-11(12(10)17)16(18)19/h1-7,17H. The van der Waals surface area contributed by atoms with Gasteiger partial charge in [-0.15, -0.1) is 5.11 Å². The fourth-order valence-corrected chi connectivity index (χ4v) is 1.63. The third-order valence-electron chi connectivity index (χ3n) is 2.29. The van der Waals surface area contributed by atoms with Crippen LogP contribution in [0.2, 0.25) is 0 Å². The van der Waals surface area contributed by atoms with Gasteiger partial charge in [0.25, 0.3) is 0 Å². The van der Waals surface area contributed by atoms with Crippen LogP contribution in [0.25, 0.3) is 0 Å². The molecule has 0 aliphatic rings. The molecule has 96 valence electrons. The van der Waals surface area contributed by atoms with E-state index < -0.39 is 16.4 Å². The van der Waals surface area contributed by atoms with Crippen molar-refractivity contribution in [1.29, 1.82) is 0 Å². The van der Waals surface area contributed by atoms with Gasteiger partial charge in [-0.1, -0.05) is 22.0 Å². The van der Waals surface area contributed by atoms with Crippen molar-refractivity contribution in [3.8, 4) is 5.75 Å². The zero-order valence-electron chi connectivity index (χ0n) is 9.52. The third kappa shape index (κ3) is 3.14. The van der Waals surface area contributed by atoms with Crippen molar-refractivity contribution in [2.75, 3.05) is 0 Å². The highest BCUT2D eigenvalue weighted by atomic mass is 79.9. The van der Waals surface area contributed by atoms with Crippen molar-refractivity contribution in [3.05, 3.63) is 57.1 Å². The van der Waals surface area contributed by atoms with E-state index in [4.69, 9.17) is 0 Å². The Bertz CT molecular complexity index is 641. The van der Waals surface area contributed by atoms with E-state index >= 15 is 0 Å². The maximum atomic E-state index is 10.7. The largest absolute Gasteiger partial charge is 0.501 e. The molecule has 0 fully saturated rings. The Morgan fingerprint density at radius 1 is 1.11 bits per heavy atom. The number of hydrogen-bond donors (Lipinski definition) is 1. The quantitative estimate of drug-likeness (QED) is 0.513. The Kier molecular flexibility index (Phi) is 3.86. The lowest BCUT2D eigenvalue weighted by atomic mass is 10.2. The molecule has 0 atom stereocenters. The Morgan fingerprint density at radius 2 is 1.79 bits per heavy atom. The van der Waals surface area contributed by atoms with Crippen molar-refractivity contribution >= 4 is 33.0 Å². The van der Waals surface area contributed by atoms with E-state index in [9.17, 15) is 15.2 Å². The van der Waals surface area contributed by atoms with Crippen LogP contribution in [0.15, 0.2) is 57.2 Å². The van der Waals surface area contributed by atoms with Crippen LogP contribution in [0.5, 0.6) is 5.75 Å². The van der Waals surface area contributed by atoms with E-state index in [1.165, 1.54) is 18.2 Å². The monoisotopic (exact) mass is 321 g/mol. The summed E-state index contributed by atoms with van der Waals surface area (Å²) in [5, 5.41) is 28.0. The number of rotatable bonds is 3. The van der Waals surface area contributed by atoms with E-state index in [0.29, 0.717) is 5.69 Å². The number of halogens is 1. The second kappa shape index (κ2) is 5.57. The summed E-state index contributed by atoms with van der Waals surface area (Å²) in [5.41, 5.74) is 0.235. The maximum Gasteiger partial charge on any atom is 0.313 e. The molecular weight excluding hydrogens is 314 g/mol. The highest BCUT2D eigenvalue weighted by Gasteiger charge is 2.15. The summed E-state index contributed by atoms with van der Waals surface area (Å²) in [6, 6.07) is 11.1.